The van der Waals surface area contributed by atoms with E-state index in [2.05, 4.69) is 0 Å². The number of halogens is 5. The smallest absolute Gasteiger partial charge is 0.417 e. The van der Waals surface area contributed by atoms with Gasteiger partial charge in [-0.15, -0.1) is 0 Å². The van der Waals surface area contributed by atoms with Gasteiger partial charge in [0.25, 0.3) is 0 Å². The van der Waals surface area contributed by atoms with E-state index in [4.69, 9.17) is 9.47 Å². The molecule has 0 unspecified atom stereocenters. The molecule has 0 radical (unpaired) electrons. The largest absolute Gasteiger partial charge is 0.493 e. The lowest BCUT2D eigenvalue weighted by atomic mass is 9.79. The predicted octanol–water partition coefficient (Wildman–Crippen LogP) is 4.04. The average Bonchev–Trinajstić information content (AvgIpc) is 2.70. The second-order valence-corrected chi connectivity index (χ2v) is 5.29. The number of rotatable bonds is 2. The Morgan fingerprint density at radius 1 is 1.29 bits per heavy atom. The van der Waals surface area contributed by atoms with Crippen molar-refractivity contribution in [3.63, 3.8) is 0 Å². The van der Waals surface area contributed by atoms with Crippen molar-refractivity contribution in [1.82, 2.24) is 0 Å². The summed E-state index contributed by atoms with van der Waals surface area (Å²) in [5.41, 5.74) is -2.15. The molecule has 1 aliphatic heterocycles. The van der Waals surface area contributed by atoms with Crippen LogP contribution in [0.25, 0.3) is 0 Å². The molecule has 1 aliphatic rings. The van der Waals surface area contributed by atoms with Crippen LogP contribution < -0.4 is 4.74 Å². The van der Waals surface area contributed by atoms with E-state index in [0.29, 0.717) is 0 Å². The van der Waals surface area contributed by atoms with Crippen LogP contribution in [0.4, 0.5) is 22.0 Å². The highest BCUT2D eigenvalue weighted by Crippen LogP contribution is 2.51. The van der Waals surface area contributed by atoms with Gasteiger partial charge in [-0.05, 0) is 13.0 Å². The zero-order valence-corrected chi connectivity index (χ0v) is 11.7. The number of ether oxygens (including phenoxy) is 2. The summed E-state index contributed by atoms with van der Waals surface area (Å²) in [6.45, 7) is 2.11. The first-order valence-electron chi connectivity index (χ1n) is 6.36. The summed E-state index contributed by atoms with van der Waals surface area (Å²) >= 11 is 0. The normalized spacial score (nSPS) is 29.7. The van der Waals surface area contributed by atoms with Crippen molar-refractivity contribution in [3.05, 3.63) is 29.3 Å². The van der Waals surface area contributed by atoms with Gasteiger partial charge in [0.15, 0.2) is 17.2 Å². The molecule has 0 amide bonds. The summed E-state index contributed by atoms with van der Waals surface area (Å²) < 4.78 is 76.0. The van der Waals surface area contributed by atoms with Gasteiger partial charge in [-0.1, -0.05) is 13.0 Å². The molecule has 1 aromatic rings. The summed E-state index contributed by atoms with van der Waals surface area (Å²) in [4.78, 5) is 0. The van der Waals surface area contributed by atoms with Crippen molar-refractivity contribution in [1.29, 1.82) is 0 Å². The lowest BCUT2D eigenvalue weighted by Gasteiger charge is -2.32. The molecule has 2 nitrogen and oxygen atoms in total. The summed E-state index contributed by atoms with van der Waals surface area (Å²) in [6.07, 6.45) is -4.55. The minimum absolute atomic E-state index is 0.178. The zero-order valence-electron chi connectivity index (χ0n) is 11.7. The number of hydrogen-bond donors (Lipinski definition) is 0. The van der Waals surface area contributed by atoms with Crippen molar-refractivity contribution in [2.45, 2.75) is 31.5 Å². The fourth-order valence-electron chi connectivity index (χ4n) is 2.67. The number of benzene rings is 1. The number of alkyl halides is 3. The van der Waals surface area contributed by atoms with Gasteiger partial charge in [0.05, 0.1) is 13.7 Å². The molecule has 0 saturated carbocycles. The fraction of sp³-hybridized carbons (Fsp3) is 0.571. The van der Waals surface area contributed by atoms with Gasteiger partial charge >= 0.3 is 6.18 Å². The van der Waals surface area contributed by atoms with E-state index < -0.39 is 35.2 Å². The Labute approximate surface area is 118 Å². The van der Waals surface area contributed by atoms with Gasteiger partial charge in [0.2, 0.25) is 5.82 Å². The third kappa shape index (κ3) is 2.37. The SMILES string of the molecule is COc1c([C@@H]2CO[C@@](C)(C(F)(F)F)[C@H]2C)ccc(F)c1F. The van der Waals surface area contributed by atoms with Crippen molar-refractivity contribution in [3.8, 4) is 5.75 Å². The van der Waals surface area contributed by atoms with Crippen molar-refractivity contribution in [2.24, 2.45) is 5.92 Å². The summed E-state index contributed by atoms with van der Waals surface area (Å²) in [5, 5.41) is 0. The van der Waals surface area contributed by atoms with Gasteiger partial charge in [-0.2, -0.15) is 17.6 Å². The monoisotopic (exact) mass is 310 g/mol. The molecule has 0 N–H and O–H groups in total. The Balaban J connectivity index is 2.44. The van der Waals surface area contributed by atoms with E-state index >= 15 is 0 Å². The van der Waals surface area contributed by atoms with E-state index in [-0.39, 0.29) is 17.9 Å². The van der Waals surface area contributed by atoms with Crippen LogP contribution in [-0.4, -0.2) is 25.5 Å². The van der Waals surface area contributed by atoms with E-state index in [9.17, 15) is 22.0 Å². The second-order valence-electron chi connectivity index (χ2n) is 5.29. The first-order chi connectivity index (χ1) is 9.63. The molecule has 1 aromatic carbocycles. The van der Waals surface area contributed by atoms with E-state index in [1.165, 1.54) is 13.0 Å². The first kappa shape index (κ1) is 16.0. The molecule has 0 aliphatic carbocycles. The maximum absolute atomic E-state index is 13.7. The van der Waals surface area contributed by atoms with Gasteiger partial charge in [-0.3, -0.25) is 0 Å². The molecule has 7 heteroatoms. The Morgan fingerprint density at radius 2 is 1.90 bits per heavy atom. The topological polar surface area (TPSA) is 18.5 Å². The molecule has 0 aromatic heterocycles. The van der Waals surface area contributed by atoms with Gasteiger partial charge in [-0.25, -0.2) is 4.39 Å². The molecule has 0 bridgehead atoms. The summed E-state index contributed by atoms with van der Waals surface area (Å²) in [6, 6.07) is 2.12. The minimum atomic E-state index is -4.55. The number of methoxy groups -OCH3 is 1. The predicted molar refractivity (Wildman–Crippen MR) is 65.2 cm³/mol. The average molecular weight is 310 g/mol. The molecule has 1 saturated heterocycles. The molecule has 1 heterocycles. The first-order valence-corrected chi connectivity index (χ1v) is 6.36. The van der Waals surface area contributed by atoms with E-state index in [1.807, 2.05) is 0 Å². The highest BCUT2D eigenvalue weighted by Gasteiger charge is 2.61. The maximum atomic E-state index is 13.7. The molecule has 3 atom stereocenters. The lowest BCUT2D eigenvalue weighted by molar-refractivity contribution is -0.266. The number of hydrogen-bond acceptors (Lipinski definition) is 2. The third-order valence-electron chi connectivity index (χ3n) is 4.28. The van der Waals surface area contributed by atoms with Gasteiger partial charge in [0.1, 0.15) is 0 Å². The van der Waals surface area contributed by atoms with Crippen LogP contribution in [0.2, 0.25) is 0 Å². The molecular weight excluding hydrogens is 295 g/mol. The van der Waals surface area contributed by atoms with Crippen LogP contribution in [0.1, 0.15) is 25.3 Å². The van der Waals surface area contributed by atoms with Crippen LogP contribution >= 0.6 is 0 Å². The summed E-state index contributed by atoms with van der Waals surface area (Å²) in [5.74, 6) is -4.39. The Bertz CT molecular complexity index is 543. The quantitative estimate of drug-likeness (QED) is 0.767. The Hall–Kier alpha value is -1.37. The maximum Gasteiger partial charge on any atom is 0.417 e. The zero-order chi connectivity index (χ0) is 16.0. The lowest BCUT2D eigenvalue weighted by Crippen LogP contribution is -2.46. The fourth-order valence-corrected chi connectivity index (χ4v) is 2.67. The van der Waals surface area contributed by atoms with Crippen LogP contribution in [0.15, 0.2) is 12.1 Å². The minimum Gasteiger partial charge on any atom is -0.493 e. The van der Waals surface area contributed by atoms with Crippen LogP contribution in [0.3, 0.4) is 0 Å². The molecular formula is C14H15F5O2. The van der Waals surface area contributed by atoms with Gasteiger partial charge in [0, 0.05) is 17.4 Å². The molecule has 21 heavy (non-hydrogen) atoms. The van der Waals surface area contributed by atoms with E-state index in [1.54, 1.807) is 0 Å². The second kappa shape index (κ2) is 5.12. The molecule has 118 valence electrons. The Morgan fingerprint density at radius 3 is 2.38 bits per heavy atom. The third-order valence-corrected chi connectivity index (χ3v) is 4.28. The molecule has 0 spiro atoms. The summed E-state index contributed by atoms with van der Waals surface area (Å²) in [7, 11) is 1.14. The van der Waals surface area contributed by atoms with Crippen LogP contribution in [-0.2, 0) is 4.74 Å². The molecule has 2 rings (SSSR count). The van der Waals surface area contributed by atoms with Crippen LogP contribution in [0, 0.1) is 17.6 Å². The Kier molecular flexibility index (Phi) is 3.90. The van der Waals surface area contributed by atoms with E-state index in [0.717, 1.165) is 20.1 Å². The highest BCUT2D eigenvalue weighted by molar-refractivity contribution is 5.40. The standard InChI is InChI=1S/C14H15F5O2/c1-7-9(6-21-13(7,2)14(17,18)19)8-4-5-10(15)11(16)12(8)20-3/h4-5,7,9H,6H2,1-3H3/t7-,9+,13+/m0/s1. The molecule has 1 fully saturated rings. The highest BCUT2D eigenvalue weighted by atomic mass is 19.4. The van der Waals surface area contributed by atoms with Crippen molar-refractivity contribution in [2.75, 3.05) is 13.7 Å². The van der Waals surface area contributed by atoms with Crippen molar-refractivity contribution < 1.29 is 31.4 Å². The van der Waals surface area contributed by atoms with Crippen molar-refractivity contribution >= 4 is 0 Å². The van der Waals surface area contributed by atoms with Gasteiger partial charge < -0.3 is 9.47 Å². The van der Waals surface area contributed by atoms with Crippen LogP contribution in [0.5, 0.6) is 5.75 Å².